The lowest BCUT2D eigenvalue weighted by atomic mass is 10.1. The minimum absolute atomic E-state index is 0.165. The number of esters is 1. The molecule has 0 aromatic heterocycles. The van der Waals surface area contributed by atoms with E-state index in [1.54, 1.807) is 48.5 Å². The first kappa shape index (κ1) is 18.4. The molecule has 6 nitrogen and oxygen atoms in total. The van der Waals surface area contributed by atoms with Crippen molar-refractivity contribution in [2.75, 3.05) is 0 Å². The Morgan fingerprint density at radius 2 is 1.81 bits per heavy atom. The van der Waals surface area contributed by atoms with Gasteiger partial charge in [-0.15, -0.1) is 0 Å². The van der Waals surface area contributed by atoms with Gasteiger partial charge in [-0.2, -0.15) is 0 Å². The van der Waals surface area contributed by atoms with Gasteiger partial charge in [-0.1, -0.05) is 24.8 Å². The molecule has 2 aromatic rings. The molecule has 0 bridgehead atoms. The van der Waals surface area contributed by atoms with Crippen molar-refractivity contribution in [2.45, 2.75) is 25.4 Å². The van der Waals surface area contributed by atoms with Crippen molar-refractivity contribution in [1.82, 2.24) is 10.6 Å². The topological polar surface area (TPSA) is 84.5 Å². The van der Waals surface area contributed by atoms with Gasteiger partial charge in [0.05, 0.1) is 5.56 Å². The highest BCUT2D eigenvalue weighted by Gasteiger charge is 2.24. The summed E-state index contributed by atoms with van der Waals surface area (Å²) in [6.07, 6.45) is 3.21. The molecule has 1 aliphatic rings. The summed E-state index contributed by atoms with van der Waals surface area (Å²) in [6.45, 7) is 3.73. The van der Waals surface area contributed by atoms with Crippen LogP contribution in [0.15, 0.2) is 61.2 Å². The molecule has 0 saturated heterocycles. The fraction of sp³-hybridized carbons (Fsp3) is 0.190. The first-order chi connectivity index (χ1) is 13.0. The van der Waals surface area contributed by atoms with Gasteiger partial charge in [0.15, 0.2) is 0 Å². The Bertz CT molecular complexity index is 870. The van der Waals surface area contributed by atoms with Crippen molar-refractivity contribution >= 4 is 17.8 Å². The Hall–Kier alpha value is -3.41. The highest BCUT2D eigenvalue weighted by molar-refractivity contribution is 5.95. The quantitative estimate of drug-likeness (QED) is 0.449. The van der Waals surface area contributed by atoms with E-state index < -0.39 is 5.97 Å². The van der Waals surface area contributed by atoms with E-state index in [2.05, 4.69) is 17.2 Å². The third-order valence-corrected chi connectivity index (χ3v) is 4.06. The Labute approximate surface area is 157 Å². The summed E-state index contributed by atoms with van der Waals surface area (Å²) < 4.78 is 5.37. The minimum atomic E-state index is -0.517. The van der Waals surface area contributed by atoms with Gasteiger partial charge in [-0.25, -0.2) is 4.79 Å². The molecule has 0 heterocycles. The van der Waals surface area contributed by atoms with E-state index in [0.29, 0.717) is 23.4 Å². The molecule has 2 aromatic carbocycles. The highest BCUT2D eigenvalue weighted by Crippen LogP contribution is 2.21. The average Bonchev–Trinajstić information content (AvgIpc) is 3.50. The number of hydrogen-bond donors (Lipinski definition) is 2. The van der Waals surface area contributed by atoms with Gasteiger partial charge in [0.25, 0.3) is 5.91 Å². The van der Waals surface area contributed by atoms with E-state index in [1.807, 2.05) is 0 Å². The number of rotatable bonds is 7. The van der Waals surface area contributed by atoms with Crippen LogP contribution >= 0.6 is 0 Å². The number of ether oxygens (including phenoxy) is 1. The Morgan fingerprint density at radius 3 is 2.48 bits per heavy atom. The van der Waals surface area contributed by atoms with Crippen LogP contribution in [-0.2, 0) is 11.3 Å². The molecule has 2 N–H and O–H groups in total. The molecule has 0 unspecified atom stereocenters. The van der Waals surface area contributed by atoms with Crippen molar-refractivity contribution in [3.05, 3.63) is 77.9 Å². The molecule has 2 amide bonds. The van der Waals surface area contributed by atoms with E-state index in [9.17, 15) is 14.4 Å². The molecule has 138 valence electrons. The number of benzene rings is 2. The molecule has 1 saturated carbocycles. The van der Waals surface area contributed by atoms with E-state index in [4.69, 9.17) is 4.74 Å². The van der Waals surface area contributed by atoms with Crippen LogP contribution in [0, 0.1) is 0 Å². The SMILES string of the molecule is C=CC(=O)NCc1ccc(C(=O)Oc2cccc(C(=O)NC3CC3)c2)cc1. The van der Waals surface area contributed by atoms with Gasteiger partial charge in [0, 0.05) is 18.2 Å². The van der Waals surface area contributed by atoms with Crippen LogP contribution in [-0.4, -0.2) is 23.8 Å². The normalized spacial score (nSPS) is 12.7. The zero-order valence-corrected chi connectivity index (χ0v) is 14.7. The van der Waals surface area contributed by atoms with Crippen molar-refractivity contribution in [3.8, 4) is 5.75 Å². The molecule has 0 radical (unpaired) electrons. The maximum Gasteiger partial charge on any atom is 0.343 e. The summed E-state index contributed by atoms with van der Waals surface area (Å²) in [5.41, 5.74) is 1.68. The number of carbonyl (C=O) groups excluding carboxylic acids is 3. The van der Waals surface area contributed by atoms with E-state index >= 15 is 0 Å². The van der Waals surface area contributed by atoms with E-state index in [0.717, 1.165) is 18.4 Å². The second-order valence-corrected chi connectivity index (χ2v) is 6.28. The Morgan fingerprint density at radius 1 is 1.07 bits per heavy atom. The van der Waals surface area contributed by atoms with Crippen LogP contribution in [0.5, 0.6) is 5.75 Å². The number of hydrogen-bond acceptors (Lipinski definition) is 4. The molecule has 27 heavy (non-hydrogen) atoms. The summed E-state index contributed by atoms with van der Waals surface area (Å²) in [5.74, 6) is -0.632. The van der Waals surface area contributed by atoms with Gasteiger partial charge in [-0.3, -0.25) is 9.59 Å². The fourth-order valence-electron chi connectivity index (χ4n) is 2.38. The largest absolute Gasteiger partial charge is 0.423 e. The zero-order chi connectivity index (χ0) is 19.2. The lowest BCUT2D eigenvalue weighted by Gasteiger charge is -2.08. The maximum absolute atomic E-state index is 12.3. The zero-order valence-electron chi connectivity index (χ0n) is 14.7. The van der Waals surface area contributed by atoms with Crippen LogP contribution in [0.3, 0.4) is 0 Å². The van der Waals surface area contributed by atoms with Crippen LogP contribution in [0.1, 0.15) is 39.1 Å². The lowest BCUT2D eigenvalue weighted by Crippen LogP contribution is -2.25. The van der Waals surface area contributed by atoms with E-state index in [-0.39, 0.29) is 17.9 Å². The summed E-state index contributed by atoms with van der Waals surface area (Å²) in [6, 6.07) is 13.5. The monoisotopic (exact) mass is 364 g/mol. The van der Waals surface area contributed by atoms with Crippen molar-refractivity contribution in [2.24, 2.45) is 0 Å². The Kier molecular flexibility index (Phi) is 5.66. The van der Waals surface area contributed by atoms with Gasteiger partial charge in [-0.05, 0) is 54.8 Å². The Balaban J connectivity index is 1.60. The second kappa shape index (κ2) is 8.31. The van der Waals surface area contributed by atoms with Crippen molar-refractivity contribution < 1.29 is 19.1 Å². The highest BCUT2D eigenvalue weighted by atomic mass is 16.5. The first-order valence-electron chi connectivity index (χ1n) is 8.67. The summed E-state index contributed by atoms with van der Waals surface area (Å²) in [4.78, 5) is 35.6. The molecule has 1 fully saturated rings. The fourth-order valence-corrected chi connectivity index (χ4v) is 2.38. The predicted molar refractivity (Wildman–Crippen MR) is 100 cm³/mol. The summed E-state index contributed by atoms with van der Waals surface area (Å²) in [7, 11) is 0. The van der Waals surface area contributed by atoms with Gasteiger partial charge in [0.2, 0.25) is 5.91 Å². The minimum Gasteiger partial charge on any atom is -0.423 e. The van der Waals surface area contributed by atoms with Crippen LogP contribution < -0.4 is 15.4 Å². The first-order valence-corrected chi connectivity index (χ1v) is 8.67. The van der Waals surface area contributed by atoms with E-state index in [1.165, 1.54) is 6.08 Å². The van der Waals surface area contributed by atoms with Crippen molar-refractivity contribution in [3.63, 3.8) is 0 Å². The van der Waals surface area contributed by atoms with Crippen LogP contribution in [0.4, 0.5) is 0 Å². The van der Waals surface area contributed by atoms with Gasteiger partial charge in [0.1, 0.15) is 5.75 Å². The third-order valence-electron chi connectivity index (χ3n) is 4.06. The molecule has 3 rings (SSSR count). The number of carbonyl (C=O) groups is 3. The molecule has 6 heteroatoms. The van der Waals surface area contributed by atoms with Crippen LogP contribution in [0.25, 0.3) is 0 Å². The van der Waals surface area contributed by atoms with Gasteiger partial charge >= 0.3 is 5.97 Å². The van der Waals surface area contributed by atoms with Crippen LogP contribution in [0.2, 0.25) is 0 Å². The smallest absolute Gasteiger partial charge is 0.343 e. The molecule has 0 atom stereocenters. The molecule has 0 spiro atoms. The molecule has 1 aliphatic carbocycles. The molecule has 0 aliphatic heterocycles. The number of amides is 2. The molecular weight excluding hydrogens is 344 g/mol. The standard InChI is InChI=1S/C21H20N2O4/c1-2-19(24)22-13-14-6-8-15(9-7-14)21(26)27-18-5-3-4-16(12-18)20(25)23-17-10-11-17/h2-9,12,17H,1,10-11,13H2,(H,22,24)(H,23,25). The second-order valence-electron chi connectivity index (χ2n) is 6.28. The average molecular weight is 364 g/mol. The summed E-state index contributed by atoms with van der Waals surface area (Å²) >= 11 is 0. The number of nitrogens with one attached hydrogen (secondary N) is 2. The molecular formula is C21H20N2O4. The van der Waals surface area contributed by atoms with Crippen molar-refractivity contribution in [1.29, 1.82) is 0 Å². The maximum atomic E-state index is 12.3. The lowest BCUT2D eigenvalue weighted by molar-refractivity contribution is -0.116. The third kappa shape index (κ3) is 5.28. The predicted octanol–water partition coefficient (Wildman–Crippen LogP) is 2.60. The summed E-state index contributed by atoms with van der Waals surface area (Å²) in [5, 5.41) is 5.56. The van der Waals surface area contributed by atoms with Gasteiger partial charge < -0.3 is 15.4 Å².